The fourth-order valence-corrected chi connectivity index (χ4v) is 3.52. The van der Waals surface area contributed by atoms with E-state index in [0.717, 1.165) is 33.4 Å². The van der Waals surface area contributed by atoms with E-state index in [0.29, 0.717) is 17.9 Å². The number of fused-ring (bicyclic) bond motifs is 3. The van der Waals surface area contributed by atoms with Crippen LogP contribution < -0.4 is 0 Å². The first-order valence-electron chi connectivity index (χ1n) is 8.23. The second-order valence-electron chi connectivity index (χ2n) is 8.65. The Kier molecular flexibility index (Phi) is 3.30. The van der Waals surface area contributed by atoms with Crippen LogP contribution in [0.5, 0.6) is 11.5 Å². The van der Waals surface area contributed by atoms with E-state index >= 15 is 0 Å². The van der Waals surface area contributed by atoms with Crippen molar-refractivity contribution in [2.24, 2.45) is 0 Å². The molecule has 0 saturated carbocycles. The second-order valence-corrected chi connectivity index (χ2v) is 8.65. The van der Waals surface area contributed by atoms with Crippen LogP contribution in [0.2, 0.25) is 0 Å². The van der Waals surface area contributed by atoms with Gasteiger partial charge in [-0.2, -0.15) is 0 Å². The number of benzene rings is 2. The fraction of sp³-hybridized carbons (Fsp3) is 0.429. The molecule has 23 heavy (non-hydrogen) atoms. The molecule has 0 aromatic heterocycles. The number of phenols is 2. The summed E-state index contributed by atoms with van der Waals surface area (Å²) < 4.78 is 0. The monoisotopic (exact) mass is 310 g/mol. The average Bonchev–Trinajstić information content (AvgIpc) is 2.77. The van der Waals surface area contributed by atoms with Crippen molar-refractivity contribution in [2.75, 3.05) is 0 Å². The van der Waals surface area contributed by atoms with Crippen molar-refractivity contribution in [1.82, 2.24) is 0 Å². The molecule has 122 valence electrons. The highest BCUT2D eigenvalue weighted by Crippen LogP contribution is 2.49. The number of hydrogen-bond donors (Lipinski definition) is 2. The summed E-state index contributed by atoms with van der Waals surface area (Å²) in [5.41, 5.74) is 5.67. The molecule has 0 heterocycles. The summed E-state index contributed by atoms with van der Waals surface area (Å²) in [4.78, 5) is 0. The van der Waals surface area contributed by atoms with Crippen molar-refractivity contribution >= 4 is 0 Å². The lowest BCUT2D eigenvalue weighted by Gasteiger charge is -2.22. The fourth-order valence-electron chi connectivity index (χ4n) is 3.52. The SMILES string of the molecule is CC(C)(C)c1ccc2c(c1O)Cc1c-2ccc(C(C)(C)C)c1O. The van der Waals surface area contributed by atoms with Crippen LogP contribution >= 0.6 is 0 Å². The lowest BCUT2D eigenvalue weighted by atomic mass is 9.84. The molecule has 1 aliphatic rings. The Hall–Kier alpha value is -1.96. The maximum absolute atomic E-state index is 10.8. The molecule has 0 bridgehead atoms. The quantitative estimate of drug-likeness (QED) is 0.594. The van der Waals surface area contributed by atoms with Gasteiger partial charge in [0, 0.05) is 17.5 Å². The van der Waals surface area contributed by atoms with E-state index in [2.05, 4.69) is 53.7 Å². The molecule has 2 aromatic rings. The molecule has 0 aliphatic heterocycles. The van der Waals surface area contributed by atoms with E-state index in [1.54, 1.807) is 0 Å². The Bertz CT molecular complexity index is 719. The third kappa shape index (κ3) is 2.41. The molecule has 0 amide bonds. The first-order valence-corrected chi connectivity index (χ1v) is 8.23. The minimum Gasteiger partial charge on any atom is -0.507 e. The van der Waals surface area contributed by atoms with Crippen LogP contribution in [0.15, 0.2) is 24.3 Å². The summed E-state index contributed by atoms with van der Waals surface area (Å²) in [6.45, 7) is 12.6. The third-order valence-corrected chi connectivity index (χ3v) is 4.83. The van der Waals surface area contributed by atoms with Gasteiger partial charge in [-0.3, -0.25) is 0 Å². The van der Waals surface area contributed by atoms with Crippen molar-refractivity contribution in [3.63, 3.8) is 0 Å². The topological polar surface area (TPSA) is 40.5 Å². The van der Waals surface area contributed by atoms with E-state index in [4.69, 9.17) is 0 Å². The van der Waals surface area contributed by atoms with Crippen molar-refractivity contribution in [1.29, 1.82) is 0 Å². The summed E-state index contributed by atoms with van der Waals surface area (Å²) in [6.07, 6.45) is 0.593. The maximum atomic E-state index is 10.8. The van der Waals surface area contributed by atoms with Gasteiger partial charge < -0.3 is 10.2 Å². The molecule has 0 radical (unpaired) electrons. The molecule has 0 fully saturated rings. The molecular weight excluding hydrogens is 284 g/mol. The predicted octanol–water partition coefficient (Wildman–Crippen LogP) is 5.26. The minimum absolute atomic E-state index is 0.105. The van der Waals surface area contributed by atoms with Gasteiger partial charge in [0.05, 0.1) is 0 Å². The van der Waals surface area contributed by atoms with Gasteiger partial charge >= 0.3 is 0 Å². The maximum Gasteiger partial charge on any atom is 0.123 e. The lowest BCUT2D eigenvalue weighted by molar-refractivity contribution is 0.438. The summed E-state index contributed by atoms with van der Waals surface area (Å²) in [5.74, 6) is 0.755. The Morgan fingerprint density at radius 1 is 0.652 bits per heavy atom. The molecule has 0 saturated heterocycles. The van der Waals surface area contributed by atoms with Crippen LogP contribution in [-0.2, 0) is 17.3 Å². The van der Waals surface area contributed by atoms with E-state index in [9.17, 15) is 10.2 Å². The van der Waals surface area contributed by atoms with Gasteiger partial charge in [0.1, 0.15) is 11.5 Å². The van der Waals surface area contributed by atoms with Crippen molar-refractivity contribution in [3.8, 4) is 22.6 Å². The van der Waals surface area contributed by atoms with Gasteiger partial charge in [-0.05, 0) is 33.1 Å². The van der Waals surface area contributed by atoms with E-state index in [1.165, 1.54) is 0 Å². The smallest absolute Gasteiger partial charge is 0.123 e. The molecule has 2 heteroatoms. The largest absolute Gasteiger partial charge is 0.507 e. The van der Waals surface area contributed by atoms with Crippen LogP contribution in [0.1, 0.15) is 63.8 Å². The summed E-state index contributed by atoms with van der Waals surface area (Å²) in [7, 11) is 0. The Balaban J connectivity index is 2.19. The molecule has 2 N–H and O–H groups in total. The number of rotatable bonds is 0. The average molecular weight is 310 g/mol. The van der Waals surface area contributed by atoms with Crippen LogP contribution in [0, 0.1) is 0 Å². The number of aromatic hydroxyl groups is 2. The van der Waals surface area contributed by atoms with Crippen molar-refractivity contribution < 1.29 is 10.2 Å². The van der Waals surface area contributed by atoms with Gasteiger partial charge in [-0.25, -0.2) is 0 Å². The highest BCUT2D eigenvalue weighted by atomic mass is 16.3. The zero-order valence-corrected chi connectivity index (χ0v) is 14.9. The van der Waals surface area contributed by atoms with Crippen LogP contribution in [0.3, 0.4) is 0 Å². The standard InChI is InChI=1S/C21H26O2/c1-20(2,3)16-9-7-12-13-8-10-17(21(4,5)6)19(23)15(13)11-14(12)18(16)22/h7-10,22-23H,11H2,1-6H3. The van der Waals surface area contributed by atoms with E-state index < -0.39 is 0 Å². The zero-order valence-electron chi connectivity index (χ0n) is 14.9. The van der Waals surface area contributed by atoms with Crippen LogP contribution in [0.25, 0.3) is 11.1 Å². The normalized spacial score (nSPS) is 13.8. The van der Waals surface area contributed by atoms with Gasteiger partial charge in [0.25, 0.3) is 0 Å². The molecule has 2 aromatic carbocycles. The molecule has 2 nitrogen and oxygen atoms in total. The molecule has 0 atom stereocenters. The third-order valence-electron chi connectivity index (χ3n) is 4.83. The van der Waals surface area contributed by atoms with Gasteiger partial charge in [-0.15, -0.1) is 0 Å². The Morgan fingerprint density at radius 2 is 1.00 bits per heavy atom. The highest BCUT2D eigenvalue weighted by Gasteiger charge is 2.31. The van der Waals surface area contributed by atoms with Gasteiger partial charge in [-0.1, -0.05) is 65.8 Å². The first kappa shape index (κ1) is 15.9. The highest BCUT2D eigenvalue weighted by molar-refractivity contribution is 5.82. The molecule has 1 aliphatic carbocycles. The zero-order chi connectivity index (χ0) is 17.2. The van der Waals surface area contributed by atoms with Crippen molar-refractivity contribution in [3.05, 3.63) is 46.5 Å². The molecule has 0 spiro atoms. The van der Waals surface area contributed by atoms with Crippen LogP contribution in [-0.4, -0.2) is 10.2 Å². The summed E-state index contributed by atoms with van der Waals surface area (Å²) >= 11 is 0. The number of hydrogen-bond acceptors (Lipinski definition) is 2. The minimum atomic E-state index is -0.105. The number of phenolic OH excluding ortho intramolecular Hbond substituents is 2. The van der Waals surface area contributed by atoms with E-state index in [1.807, 2.05) is 12.1 Å². The summed E-state index contributed by atoms with van der Waals surface area (Å²) in [5, 5.41) is 21.5. The molecular formula is C21H26O2. The summed E-state index contributed by atoms with van der Waals surface area (Å²) in [6, 6.07) is 8.19. The second kappa shape index (κ2) is 4.77. The Morgan fingerprint density at radius 3 is 1.30 bits per heavy atom. The van der Waals surface area contributed by atoms with Crippen molar-refractivity contribution in [2.45, 2.75) is 58.8 Å². The lowest BCUT2D eigenvalue weighted by Crippen LogP contribution is -2.12. The van der Waals surface area contributed by atoms with Gasteiger partial charge in [0.15, 0.2) is 0 Å². The molecule has 0 unspecified atom stereocenters. The van der Waals surface area contributed by atoms with E-state index in [-0.39, 0.29) is 10.8 Å². The van der Waals surface area contributed by atoms with Crippen LogP contribution in [0.4, 0.5) is 0 Å². The first-order chi connectivity index (χ1) is 10.5. The predicted molar refractivity (Wildman–Crippen MR) is 95.4 cm³/mol. The molecule has 3 rings (SSSR count). The Labute approximate surface area is 138 Å². The van der Waals surface area contributed by atoms with Gasteiger partial charge in [0.2, 0.25) is 0 Å².